The van der Waals surface area contributed by atoms with E-state index in [1.165, 1.54) is 16.8 Å². The van der Waals surface area contributed by atoms with Gasteiger partial charge in [0.15, 0.2) is 11.5 Å². The van der Waals surface area contributed by atoms with E-state index >= 15 is 0 Å². The Hall–Kier alpha value is -6.68. The lowest BCUT2D eigenvalue weighted by Gasteiger charge is -2.37. The van der Waals surface area contributed by atoms with Crippen molar-refractivity contribution in [3.05, 3.63) is 155 Å². The highest BCUT2D eigenvalue weighted by atomic mass is 16.7. The number of methoxy groups -OCH3 is 5. The molecule has 1 heterocycles. The van der Waals surface area contributed by atoms with Crippen molar-refractivity contribution in [1.82, 2.24) is 0 Å². The quantitative estimate of drug-likeness (QED) is 0.0620. The van der Waals surface area contributed by atoms with E-state index in [2.05, 4.69) is 140 Å². The van der Waals surface area contributed by atoms with Crippen LogP contribution >= 0.6 is 0 Å². The monoisotopic (exact) mass is 908 g/mol. The third kappa shape index (κ3) is 11.5. The molecule has 6 aromatic carbocycles. The maximum Gasteiger partial charge on any atom is 0.231 e. The molecule has 0 aromatic heterocycles. The van der Waals surface area contributed by atoms with Crippen molar-refractivity contribution in [2.75, 3.05) is 57.0 Å². The summed E-state index contributed by atoms with van der Waals surface area (Å²) in [6.07, 6.45) is 2.71. The van der Waals surface area contributed by atoms with Crippen LogP contribution in [0.2, 0.25) is 0 Å². The average Bonchev–Trinajstić information content (AvgIpc) is 3.85. The molecule has 0 aliphatic carbocycles. The maximum absolute atomic E-state index is 6.16. The number of rotatable bonds is 23. The lowest BCUT2D eigenvalue weighted by atomic mass is 9.90. The average molecular weight is 908 g/mol. The van der Waals surface area contributed by atoms with Crippen molar-refractivity contribution in [2.45, 2.75) is 97.6 Å². The molecule has 10 nitrogen and oxygen atoms in total. The van der Waals surface area contributed by atoms with Gasteiger partial charge in [0, 0.05) is 71.9 Å². The van der Waals surface area contributed by atoms with Gasteiger partial charge in [-0.05, 0) is 148 Å². The molecule has 0 saturated heterocycles. The molecule has 1 aliphatic heterocycles. The smallest absolute Gasteiger partial charge is 0.231 e. The Morgan fingerprint density at radius 3 is 1.84 bits per heavy atom. The standard InChI is InChI=1S/C57H69N3O7/c1-11-39(2)58(35-43-15-14-17-51(31-43)62-7)48-24-29-54(64-9)45(33-48)21-19-40(3)59(37-46-16-12-13-18-53(46)63-8)49-25-30-55(65-10)52(34-49)41(4)42(5)60(47-22-26-50(61-6)27-23-47)36-44-20-28-56-57(32-44)67-38-66-56/h12-18,20,22-34,39-42H,11,19,21,35-38H2,1-10H3. The second-order valence-electron chi connectivity index (χ2n) is 17.5. The van der Waals surface area contributed by atoms with E-state index in [1.807, 2.05) is 36.4 Å². The molecule has 4 atom stereocenters. The maximum atomic E-state index is 6.16. The fraction of sp³-hybridized carbons (Fsp3) is 0.368. The molecular formula is C57H69N3O7. The largest absolute Gasteiger partial charge is 0.497 e. The van der Waals surface area contributed by atoms with Crippen molar-refractivity contribution in [3.63, 3.8) is 0 Å². The van der Waals surface area contributed by atoms with Gasteiger partial charge in [-0.2, -0.15) is 0 Å². The van der Waals surface area contributed by atoms with Crippen molar-refractivity contribution in [1.29, 1.82) is 0 Å². The Balaban J connectivity index is 1.20. The minimum absolute atomic E-state index is 0.0433. The van der Waals surface area contributed by atoms with Crippen LogP contribution in [0.3, 0.4) is 0 Å². The summed E-state index contributed by atoms with van der Waals surface area (Å²) in [5, 5.41) is 0. The zero-order valence-corrected chi connectivity index (χ0v) is 41.1. The lowest BCUT2D eigenvalue weighted by molar-refractivity contribution is 0.174. The third-order valence-electron chi connectivity index (χ3n) is 13.5. The van der Waals surface area contributed by atoms with Crippen LogP contribution in [-0.2, 0) is 26.1 Å². The van der Waals surface area contributed by atoms with Gasteiger partial charge >= 0.3 is 0 Å². The van der Waals surface area contributed by atoms with E-state index in [4.69, 9.17) is 33.2 Å². The normalized spacial score (nSPS) is 13.5. The fourth-order valence-electron chi connectivity index (χ4n) is 9.13. The predicted molar refractivity (Wildman–Crippen MR) is 271 cm³/mol. The van der Waals surface area contributed by atoms with Crippen LogP contribution < -0.4 is 47.9 Å². The molecule has 0 fully saturated rings. The number of hydrogen-bond acceptors (Lipinski definition) is 10. The van der Waals surface area contributed by atoms with Crippen LogP contribution in [0.5, 0.6) is 40.2 Å². The molecule has 0 saturated carbocycles. The molecule has 4 unspecified atom stereocenters. The summed E-state index contributed by atoms with van der Waals surface area (Å²) in [5.41, 5.74) is 9.14. The number of para-hydroxylation sites is 1. The molecular weight excluding hydrogens is 839 g/mol. The van der Waals surface area contributed by atoms with Gasteiger partial charge < -0.3 is 47.9 Å². The summed E-state index contributed by atoms with van der Waals surface area (Å²) >= 11 is 0. The first-order chi connectivity index (χ1) is 32.6. The summed E-state index contributed by atoms with van der Waals surface area (Å²) in [4.78, 5) is 7.45. The Kier molecular flexibility index (Phi) is 16.3. The van der Waals surface area contributed by atoms with Crippen LogP contribution in [0.25, 0.3) is 0 Å². The number of anilines is 3. The highest BCUT2D eigenvalue weighted by molar-refractivity contribution is 5.59. The molecule has 0 N–H and O–H groups in total. The molecule has 10 heteroatoms. The molecule has 6 aromatic rings. The summed E-state index contributed by atoms with van der Waals surface area (Å²) in [6, 6.07) is 45.0. The Morgan fingerprint density at radius 1 is 0.493 bits per heavy atom. The molecule has 7 rings (SSSR count). The minimum atomic E-state index is 0.0433. The second-order valence-corrected chi connectivity index (χ2v) is 17.5. The van der Waals surface area contributed by atoms with Gasteiger partial charge in [-0.15, -0.1) is 0 Å². The molecule has 67 heavy (non-hydrogen) atoms. The van der Waals surface area contributed by atoms with Gasteiger partial charge in [-0.1, -0.05) is 50.2 Å². The van der Waals surface area contributed by atoms with E-state index in [-0.39, 0.29) is 24.8 Å². The first-order valence-electron chi connectivity index (χ1n) is 23.5. The van der Waals surface area contributed by atoms with Crippen LogP contribution in [0.1, 0.15) is 81.2 Å². The van der Waals surface area contributed by atoms with Crippen molar-refractivity contribution in [3.8, 4) is 40.2 Å². The van der Waals surface area contributed by atoms with E-state index in [9.17, 15) is 0 Å². The minimum Gasteiger partial charge on any atom is -0.497 e. The SMILES string of the molecule is CCC(C)N(Cc1cccc(OC)c1)c1ccc(OC)c(CCC(C)N(Cc2ccccc2OC)c2ccc(OC)c(C(C)C(C)N(Cc3ccc4c(c3)OCO4)c3ccc(OC)cc3)c2)c1. The molecule has 0 spiro atoms. The number of fused-ring (bicyclic) bond motifs is 1. The Bertz CT molecular complexity index is 2530. The lowest BCUT2D eigenvalue weighted by Crippen LogP contribution is -2.37. The van der Waals surface area contributed by atoms with Crippen LogP contribution in [0, 0.1) is 0 Å². The van der Waals surface area contributed by atoms with Crippen LogP contribution in [-0.4, -0.2) is 60.5 Å². The molecule has 1 aliphatic rings. The van der Waals surface area contributed by atoms with Gasteiger partial charge in [0.05, 0.1) is 35.5 Å². The van der Waals surface area contributed by atoms with Gasteiger partial charge in [-0.3, -0.25) is 0 Å². The van der Waals surface area contributed by atoms with Crippen molar-refractivity contribution in [2.24, 2.45) is 0 Å². The highest BCUT2D eigenvalue weighted by Gasteiger charge is 2.28. The predicted octanol–water partition coefficient (Wildman–Crippen LogP) is 12.5. The van der Waals surface area contributed by atoms with Crippen LogP contribution in [0.4, 0.5) is 17.1 Å². The topological polar surface area (TPSA) is 74.3 Å². The number of hydrogen-bond donors (Lipinski definition) is 0. The third-order valence-corrected chi connectivity index (χ3v) is 13.5. The fourth-order valence-corrected chi connectivity index (χ4v) is 9.13. The van der Waals surface area contributed by atoms with E-state index in [1.54, 1.807) is 35.5 Å². The van der Waals surface area contributed by atoms with E-state index in [0.717, 1.165) is 94.1 Å². The molecule has 0 amide bonds. The zero-order valence-electron chi connectivity index (χ0n) is 41.1. The van der Waals surface area contributed by atoms with Crippen molar-refractivity contribution >= 4 is 17.1 Å². The number of aryl methyl sites for hydroxylation is 1. The Labute approximate surface area is 398 Å². The summed E-state index contributed by atoms with van der Waals surface area (Å²) in [6.45, 7) is 13.8. The first-order valence-corrected chi connectivity index (χ1v) is 23.5. The van der Waals surface area contributed by atoms with Crippen LogP contribution in [0.15, 0.2) is 127 Å². The molecule has 0 radical (unpaired) electrons. The van der Waals surface area contributed by atoms with E-state index in [0.29, 0.717) is 19.1 Å². The van der Waals surface area contributed by atoms with Gasteiger partial charge in [-0.25, -0.2) is 0 Å². The van der Waals surface area contributed by atoms with Crippen molar-refractivity contribution < 1.29 is 33.2 Å². The summed E-state index contributed by atoms with van der Waals surface area (Å²) in [5.74, 6) is 5.89. The Morgan fingerprint density at radius 2 is 1.12 bits per heavy atom. The first kappa shape index (κ1) is 48.3. The number of nitrogens with zero attached hydrogens (tertiary/aromatic N) is 3. The number of ether oxygens (including phenoxy) is 7. The van der Waals surface area contributed by atoms with Gasteiger partial charge in [0.25, 0.3) is 0 Å². The second kappa shape index (κ2) is 22.7. The number of benzene rings is 6. The highest BCUT2D eigenvalue weighted by Crippen LogP contribution is 2.40. The van der Waals surface area contributed by atoms with Gasteiger partial charge in [0.1, 0.15) is 28.7 Å². The summed E-state index contributed by atoms with van der Waals surface area (Å²) < 4.78 is 40.7. The molecule has 0 bridgehead atoms. The zero-order chi connectivity index (χ0) is 47.5. The molecule has 354 valence electrons. The summed E-state index contributed by atoms with van der Waals surface area (Å²) in [7, 11) is 8.69. The van der Waals surface area contributed by atoms with Gasteiger partial charge in [0.2, 0.25) is 6.79 Å². The van der Waals surface area contributed by atoms with E-state index < -0.39 is 0 Å².